The summed E-state index contributed by atoms with van der Waals surface area (Å²) in [6.45, 7) is 2.04. The molecule has 3 heteroatoms. The normalized spacial score (nSPS) is 13.1. The van der Waals surface area contributed by atoms with Crippen LogP contribution in [-0.4, -0.2) is 17.1 Å². The van der Waals surface area contributed by atoms with E-state index < -0.39 is 12.0 Å². The molecule has 0 bridgehead atoms. The Bertz CT molecular complexity index is 93.1. The Kier molecular flexibility index (Phi) is 4.05. The minimum absolute atomic E-state index is 0.412. The molecule has 54 valence electrons. The molecule has 0 rings (SSSR count). The molecule has 9 heavy (non-hydrogen) atoms. The van der Waals surface area contributed by atoms with Crippen LogP contribution < -0.4 is 5.73 Å². The predicted octanol–water partition coefficient (Wildman–Crippen LogP) is -0.128. The fraction of sp³-hybridized carbons (Fsp3) is 0.833. The zero-order valence-corrected chi connectivity index (χ0v) is 5.76. The first-order valence-electron chi connectivity index (χ1n) is 3.24. The van der Waals surface area contributed by atoms with Gasteiger partial charge in [-0.3, -0.25) is 0 Å². The van der Waals surface area contributed by atoms with Crippen LogP contribution in [0.15, 0.2) is 0 Å². The van der Waals surface area contributed by atoms with Gasteiger partial charge in [0.2, 0.25) is 0 Å². The maximum atomic E-state index is 10.1. The third-order valence-corrected chi connectivity index (χ3v) is 1.26. The Morgan fingerprint density at radius 1 is 1.78 bits per heavy atom. The van der Waals surface area contributed by atoms with E-state index in [0.717, 1.165) is 12.8 Å². The van der Waals surface area contributed by atoms with Gasteiger partial charge in [0.15, 0.2) is 6.04 Å². The minimum Gasteiger partial charge on any atom is -0.477 e. The second-order valence-electron chi connectivity index (χ2n) is 2.18. The molecule has 0 aliphatic rings. The third kappa shape index (κ3) is 3.97. The molecule has 0 aromatic heterocycles. The molecule has 0 saturated carbocycles. The van der Waals surface area contributed by atoms with Gasteiger partial charge in [-0.2, -0.15) is 0 Å². The minimum atomic E-state index is -0.788. The predicted molar refractivity (Wildman–Crippen MR) is 33.8 cm³/mol. The van der Waals surface area contributed by atoms with E-state index >= 15 is 0 Å². The fourth-order valence-electron chi connectivity index (χ4n) is 0.574. The molecular formula is C6H14NO2+. The lowest BCUT2D eigenvalue weighted by Crippen LogP contribution is -2.64. The second-order valence-corrected chi connectivity index (χ2v) is 2.18. The van der Waals surface area contributed by atoms with Crippen molar-refractivity contribution >= 4 is 5.97 Å². The van der Waals surface area contributed by atoms with Crippen molar-refractivity contribution in [2.45, 2.75) is 32.2 Å². The van der Waals surface area contributed by atoms with Crippen LogP contribution in [-0.2, 0) is 4.79 Å². The van der Waals surface area contributed by atoms with Crippen LogP contribution in [0.25, 0.3) is 0 Å². The molecule has 0 spiro atoms. The Balaban J connectivity index is 3.27. The van der Waals surface area contributed by atoms with Crippen molar-refractivity contribution < 1.29 is 15.6 Å². The summed E-state index contributed by atoms with van der Waals surface area (Å²) in [5.74, 6) is -0.788. The molecule has 0 radical (unpaired) electrons. The summed E-state index contributed by atoms with van der Waals surface area (Å²) in [6.07, 6.45) is 2.70. The summed E-state index contributed by atoms with van der Waals surface area (Å²) in [4.78, 5) is 10.1. The van der Waals surface area contributed by atoms with E-state index in [1.54, 1.807) is 0 Å². The lowest BCUT2D eigenvalue weighted by molar-refractivity contribution is -0.409. The third-order valence-electron chi connectivity index (χ3n) is 1.26. The van der Waals surface area contributed by atoms with Gasteiger partial charge < -0.3 is 10.8 Å². The maximum absolute atomic E-state index is 10.1. The number of aliphatic carboxylic acids is 1. The smallest absolute Gasteiger partial charge is 0.362 e. The molecule has 0 fully saturated rings. The number of hydrogen-bond donors (Lipinski definition) is 2. The SMILES string of the molecule is CCCCC([NH3+])C(=O)O. The highest BCUT2D eigenvalue weighted by molar-refractivity contribution is 5.71. The van der Waals surface area contributed by atoms with Crippen LogP contribution >= 0.6 is 0 Å². The zero-order chi connectivity index (χ0) is 7.28. The summed E-state index contributed by atoms with van der Waals surface area (Å²) < 4.78 is 0. The lowest BCUT2D eigenvalue weighted by atomic mass is 10.1. The first-order chi connectivity index (χ1) is 4.18. The van der Waals surface area contributed by atoms with Crippen LogP contribution in [0.2, 0.25) is 0 Å². The lowest BCUT2D eigenvalue weighted by Gasteiger charge is -1.99. The van der Waals surface area contributed by atoms with E-state index in [9.17, 15) is 4.79 Å². The molecule has 0 saturated heterocycles. The summed E-state index contributed by atoms with van der Waals surface area (Å²) in [5, 5.41) is 8.35. The highest BCUT2D eigenvalue weighted by Crippen LogP contribution is 1.95. The van der Waals surface area contributed by atoms with Crippen molar-refractivity contribution in [3.05, 3.63) is 0 Å². The van der Waals surface area contributed by atoms with Gasteiger partial charge >= 0.3 is 5.97 Å². The topological polar surface area (TPSA) is 64.9 Å². The second kappa shape index (κ2) is 4.32. The van der Waals surface area contributed by atoms with E-state index in [1.807, 2.05) is 6.92 Å². The van der Waals surface area contributed by atoms with Gasteiger partial charge in [-0.25, -0.2) is 4.79 Å². The number of carbonyl (C=O) groups is 1. The van der Waals surface area contributed by atoms with Crippen molar-refractivity contribution in [2.75, 3.05) is 0 Å². The largest absolute Gasteiger partial charge is 0.477 e. The fourth-order valence-corrected chi connectivity index (χ4v) is 0.574. The molecule has 1 unspecified atom stereocenters. The van der Waals surface area contributed by atoms with Crippen LogP contribution in [0.1, 0.15) is 26.2 Å². The van der Waals surface area contributed by atoms with Crippen molar-refractivity contribution in [2.24, 2.45) is 0 Å². The summed E-state index contributed by atoms with van der Waals surface area (Å²) >= 11 is 0. The Morgan fingerprint density at radius 2 is 2.33 bits per heavy atom. The molecule has 0 aliphatic carbocycles. The van der Waals surface area contributed by atoms with Gasteiger partial charge in [0.1, 0.15) is 0 Å². The molecule has 0 aromatic rings. The van der Waals surface area contributed by atoms with Crippen LogP contribution in [0.3, 0.4) is 0 Å². The summed E-state index contributed by atoms with van der Waals surface area (Å²) in [6, 6.07) is -0.412. The van der Waals surface area contributed by atoms with E-state index in [-0.39, 0.29) is 0 Å². The summed E-state index contributed by atoms with van der Waals surface area (Å²) in [5.41, 5.74) is 3.48. The number of quaternary nitrogens is 1. The maximum Gasteiger partial charge on any atom is 0.362 e. The quantitative estimate of drug-likeness (QED) is 0.559. The van der Waals surface area contributed by atoms with Gasteiger partial charge in [-0.15, -0.1) is 0 Å². The number of unbranched alkanes of at least 4 members (excludes halogenated alkanes) is 1. The first kappa shape index (κ1) is 8.43. The van der Waals surface area contributed by atoms with Gasteiger partial charge in [0, 0.05) is 6.42 Å². The van der Waals surface area contributed by atoms with Crippen molar-refractivity contribution in [3.8, 4) is 0 Å². The number of rotatable bonds is 4. The zero-order valence-electron chi connectivity index (χ0n) is 5.76. The Hall–Kier alpha value is -0.570. The molecule has 0 aromatic carbocycles. The van der Waals surface area contributed by atoms with Crippen LogP contribution in [0.5, 0.6) is 0 Å². The average Bonchev–Trinajstić information content (AvgIpc) is 1.82. The molecule has 1 atom stereocenters. The van der Waals surface area contributed by atoms with Crippen molar-refractivity contribution in [1.29, 1.82) is 0 Å². The van der Waals surface area contributed by atoms with Gasteiger partial charge in [0.25, 0.3) is 0 Å². The van der Waals surface area contributed by atoms with Crippen molar-refractivity contribution in [1.82, 2.24) is 0 Å². The van der Waals surface area contributed by atoms with Crippen LogP contribution in [0.4, 0.5) is 0 Å². The van der Waals surface area contributed by atoms with E-state index in [0.29, 0.717) is 6.42 Å². The molecule has 3 nitrogen and oxygen atoms in total. The number of carboxylic acids is 1. The number of carboxylic acid groups (broad SMARTS) is 1. The average molecular weight is 132 g/mol. The summed E-state index contributed by atoms with van der Waals surface area (Å²) in [7, 11) is 0. The molecule has 0 heterocycles. The molecule has 0 amide bonds. The first-order valence-corrected chi connectivity index (χ1v) is 3.24. The molecular weight excluding hydrogens is 118 g/mol. The standard InChI is InChI=1S/C6H13NO2/c1-2-3-4-5(7)6(8)9/h5H,2-4,7H2,1H3,(H,8,9)/p+1. The molecule has 4 N–H and O–H groups in total. The molecule has 0 aliphatic heterocycles. The van der Waals surface area contributed by atoms with Gasteiger partial charge in [-0.05, 0) is 6.42 Å². The highest BCUT2D eigenvalue weighted by Gasteiger charge is 2.13. The van der Waals surface area contributed by atoms with E-state index in [1.165, 1.54) is 0 Å². The Labute approximate surface area is 54.9 Å². The van der Waals surface area contributed by atoms with Crippen molar-refractivity contribution in [3.63, 3.8) is 0 Å². The van der Waals surface area contributed by atoms with Gasteiger partial charge in [-0.1, -0.05) is 13.3 Å². The monoisotopic (exact) mass is 132 g/mol. The van der Waals surface area contributed by atoms with Crippen LogP contribution in [0, 0.1) is 0 Å². The highest BCUT2D eigenvalue weighted by atomic mass is 16.4. The number of hydrogen-bond acceptors (Lipinski definition) is 1. The Morgan fingerprint density at radius 3 is 2.67 bits per heavy atom. The van der Waals surface area contributed by atoms with E-state index in [2.05, 4.69) is 5.73 Å². The van der Waals surface area contributed by atoms with E-state index in [4.69, 9.17) is 5.11 Å². The van der Waals surface area contributed by atoms with Gasteiger partial charge in [0.05, 0.1) is 0 Å².